The fourth-order valence-corrected chi connectivity index (χ4v) is 8.71. The summed E-state index contributed by atoms with van der Waals surface area (Å²) in [6.45, 7) is 10.1. The van der Waals surface area contributed by atoms with Crippen molar-refractivity contribution >= 4 is 26.4 Å². The second-order valence-electron chi connectivity index (χ2n) is 4.01. The van der Waals surface area contributed by atoms with Crippen molar-refractivity contribution in [3.63, 3.8) is 0 Å². The quantitative estimate of drug-likeness (QED) is 0.674. The molecule has 0 spiro atoms. The van der Waals surface area contributed by atoms with E-state index in [0.29, 0.717) is 0 Å². The van der Waals surface area contributed by atoms with E-state index in [4.69, 9.17) is 17.1 Å². The van der Waals surface area contributed by atoms with Gasteiger partial charge in [0.2, 0.25) is 0 Å². The highest BCUT2D eigenvalue weighted by Crippen LogP contribution is 2.12. The molecule has 0 saturated heterocycles. The van der Waals surface area contributed by atoms with Crippen LogP contribution in [0.3, 0.4) is 0 Å². The van der Waals surface area contributed by atoms with Crippen molar-refractivity contribution in [1.82, 2.24) is 0 Å². The highest BCUT2D eigenvalue weighted by Gasteiger charge is 2.32. The maximum atomic E-state index is 5.81. The summed E-state index contributed by atoms with van der Waals surface area (Å²) in [5.74, 6) is 0. The lowest BCUT2D eigenvalue weighted by atomic mass is 11.8. The van der Waals surface area contributed by atoms with E-state index < -0.39 is 26.4 Å². The van der Waals surface area contributed by atoms with Crippen LogP contribution in [0.2, 0.25) is 32.7 Å². The van der Waals surface area contributed by atoms with Crippen molar-refractivity contribution in [2.75, 3.05) is 14.2 Å². The molecule has 0 fully saturated rings. The van der Waals surface area contributed by atoms with E-state index >= 15 is 0 Å². The van der Waals surface area contributed by atoms with Crippen LogP contribution in [0.1, 0.15) is 0 Å². The van der Waals surface area contributed by atoms with Crippen LogP contribution in [0.5, 0.6) is 0 Å². The van der Waals surface area contributed by atoms with Crippen LogP contribution in [0.4, 0.5) is 0 Å². The molecule has 0 aliphatic heterocycles. The molecule has 0 rings (SSSR count). The summed E-state index contributed by atoms with van der Waals surface area (Å²) in [4.78, 5) is 0. The summed E-state index contributed by atoms with van der Waals surface area (Å²) in [5, 5.41) is 0. The Morgan fingerprint density at radius 1 is 0.786 bits per heavy atom. The summed E-state index contributed by atoms with van der Waals surface area (Å²) in [6.07, 6.45) is 0. The molecule has 0 bridgehead atoms. The fraction of sp³-hybridized carbons (Fsp3) is 1.00. The molecular weight excluding hydrogens is 232 g/mol. The van der Waals surface area contributed by atoms with Crippen molar-refractivity contribution < 1.29 is 17.1 Å². The minimum atomic E-state index is -1.95. The first-order valence-corrected chi connectivity index (χ1v) is 12.4. The molecule has 0 heterocycles. The van der Waals surface area contributed by atoms with Gasteiger partial charge >= 0.3 is 26.4 Å². The topological polar surface area (TPSA) is 36.9 Å². The number of rotatable bonds is 6. The van der Waals surface area contributed by atoms with Crippen molar-refractivity contribution in [2.45, 2.75) is 32.7 Å². The van der Waals surface area contributed by atoms with Gasteiger partial charge in [-0.05, 0) is 32.7 Å². The molecule has 0 atom stereocenters. The average molecular weight is 255 g/mol. The van der Waals surface area contributed by atoms with Gasteiger partial charge < -0.3 is 17.1 Å². The van der Waals surface area contributed by atoms with Crippen LogP contribution < -0.4 is 0 Å². The van der Waals surface area contributed by atoms with Gasteiger partial charge in [-0.3, -0.25) is 0 Å². The van der Waals surface area contributed by atoms with E-state index in [1.54, 1.807) is 14.2 Å². The lowest BCUT2D eigenvalue weighted by Crippen LogP contribution is -2.46. The van der Waals surface area contributed by atoms with Crippen LogP contribution in [0.15, 0.2) is 0 Å². The predicted molar refractivity (Wildman–Crippen MR) is 64.2 cm³/mol. The zero-order valence-electron chi connectivity index (χ0n) is 10.2. The molecule has 14 heavy (non-hydrogen) atoms. The van der Waals surface area contributed by atoms with Crippen LogP contribution in [-0.4, -0.2) is 40.6 Å². The standard InChI is InChI=1S/C7H22O4Si3/c1-8-13(4,5)10-12(3)11-14(6,7)9-2/h12H,1-7H3. The molecule has 7 heteroatoms. The van der Waals surface area contributed by atoms with Crippen molar-refractivity contribution in [1.29, 1.82) is 0 Å². The van der Waals surface area contributed by atoms with Crippen LogP contribution in [-0.2, 0) is 17.1 Å². The first-order valence-electron chi connectivity index (χ1n) is 4.68. The van der Waals surface area contributed by atoms with Crippen LogP contribution in [0.25, 0.3) is 0 Å². The lowest BCUT2D eigenvalue weighted by molar-refractivity contribution is 0.262. The largest absolute Gasteiger partial charge is 0.418 e. The first-order chi connectivity index (χ1) is 6.22. The second-order valence-corrected chi connectivity index (χ2v) is 13.4. The monoisotopic (exact) mass is 254 g/mol. The summed E-state index contributed by atoms with van der Waals surface area (Å²) >= 11 is 0. The molecule has 0 amide bonds. The Labute approximate surface area is 90.9 Å². The minimum absolute atomic E-state index is 1.61. The van der Waals surface area contributed by atoms with Gasteiger partial charge in [0.15, 0.2) is 0 Å². The molecule has 86 valence electrons. The third kappa shape index (κ3) is 6.06. The van der Waals surface area contributed by atoms with Gasteiger partial charge in [0.25, 0.3) is 0 Å². The third-order valence-corrected chi connectivity index (χ3v) is 11.0. The molecule has 0 aromatic carbocycles. The molecule has 0 aliphatic carbocycles. The zero-order chi connectivity index (χ0) is 11.4. The molecule has 0 saturated carbocycles. The predicted octanol–water partition coefficient (Wildman–Crippen LogP) is 1.57. The SMILES string of the molecule is CO[Si](C)(C)O[SiH](C)O[Si](C)(C)OC. The maximum absolute atomic E-state index is 5.81. The number of hydrogen-bond donors (Lipinski definition) is 0. The van der Waals surface area contributed by atoms with Gasteiger partial charge in [0.05, 0.1) is 0 Å². The summed E-state index contributed by atoms with van der Waals surface area (Å²) in [6, 6.07) is 0. The van der Waals surface area contributed by atoms with E-state index in [0.717, 1.165) is 0 Å². The van der Waals surface area contributed by atoms with E-state index in [9.17, 15) is 0 Å². The molecule has 0 aliphatic rings. The summed E-state index contributed by atoms with van der Waals surface area (Å²) < 4.78 is 22.2. The first kappa shape index (κ1) is 14.5. The van der Waals surface area contributed by atoms with E-state index in [2.05, 4.69) is 0 Å². The van der Waals surface area contributed by atoms with Gasteiger partial charge in [-0.25, -0.2) is 0 Å². The van der Waals surface area contributed by atoms with E-state index in [1.807, 2.05) is 32.7 Å². The van der Waals surface area contributed by atoms with Crippen LogP contribution >= 0.6 is 0 Å². The highest BCUT2D eigenvalue weighted by atomic mass is 28.5. The number of hydrogen-bond acceptors (Lipinski definition) is 4. The third-order valence-electron chi connectivity index (χ3n) is 1.88. The molecular formula is C7H22O4Si3. The average Bonchev–Trinajstić information content (AvgIpc) is 2.02. The maximum Gasteiger partial charge on any atom is 0.322 e. The molecule has 4 nitrogen and oxygen atoms in total. The fourth-order valence-electron chi connectivity index (χ4n) is 0.920. The van der Waals surface area contributed by atoms with E-state index in [1.165, 1.54) is 0 Å². The highest BCUT2D eigenvalue weighted by molar-refractivity contribution is 6.76. The second kappa shape index (κ2) is 5.54. The Kier molecular flexibility index (Phi) is 5.73. The van der Waals surface area contributed by atoms with Gasteiger partial charge in [-0.15, -0.1) is 0 Å². The van der Waals surface area contributed by atoms with Crippen LogP contribution in [0, 0.1) is 0 Å². The normalized spacial score (nSPS) is 13.7. The Morgan fingerprint density at radius 2 is 1.07 bits per heavy atom. The zero-order valence-corrected chi connectivity index (χ0v) is 13.4. The smallest absolute Gasteiger partial charge is 0.322 e. The summed E-state index contributed by atoms with van der Waals surface area (Å²) in [7, 11) is -2.14. The Balaban J connectivity index is 4.04. The Bertz CT molecular complexity index is 156. The summed E-state index contributed by atoms with van der Waals surface area (Å²) in [5.41, 5.74) is 0. The molecule has 0 N–H and O–H groups in total. The Morgan fingerprint density at radius 3 is 1.29 bits per heavy atom. The molecule has 0 aromatic heterocycles. The van der Waals surface area contributed by atoms with Crippen molar-refractivity contribution in [3.05, 3.63) is 0 Å². The lowest BCUT2D eigenvalue weighted by Gasteiger charge is -2.29. The molecule has 0 unspecified atom stereocenters. The van der Waals surface area contributed by atoms with Gasteiger partial charge in [0.1, 0.15) is 0 Å². The molecule has 0 aromatic rings. The van der Waals surface area contributed by atoms with Gasteiger partial charge in [-0.1, -0.05) is 0 Å². The minimum Gasteiger partial charge on any atom is -0.418 e. The van der Waals surface area contributed by atoms with Crippen molar-refractivity contribution in [3.8, 4) is 0 Å². The van der Waals surface area contributed by atoms with E-state index in [-0.39, 0.29) is 0 Å². The van der Waals surface area contributed by atoms with Crippen molar-refractivity contribution in [2.24, 2.45) is 0 Å². The van der Waals surface area contributed by atoms with Gasteiger partial charge in [-0.2, -0.15) is 0 Å². The molecule has 0 radical (unpaired) electrons. The Hall–Kier alpha value is 0.491. The van der Waals surface area contributed by atoms with Gasteiger partial charge in [0, 0.05) is 14.2 Å².